The lowest BCUT2D eigenvalue weighted by Crippen LogP contribution is -2.28. The molecule has 0 unspecified atom stereocenters. The highest BCUT2D eigenvalue weighted by atomic mass is 35.5. The Hall–Kier alpha value is -2.87. The number of ether oxygens (including phenoxy) is 1. The summed E-state index contributed by atoms with van der Waals surface area (Å²) in [6, 6.07) is 18.7. The van der Waals surface area contributed by atoms with E-state index in [1.807, 2.05) is 0 Å². The van der Waals surface area contributed by atoms with Crippen LogP contribution in [0.25, 0.3) is 0 Å². The smallest absolute Gasteiger partial charge is 0.256 e. The quantitative estimate of drug-likeness (QED) is 0.517. The third-order valence-corrected chi connectivity index (χ3v) is 7.56. The van der Waals surface area contributed by atoms with Crippen molar-refractivity contribution in [1.82, 2.24) is 4.31 Å². The van der Waals surface area contributed by atoms with Crippen LogP contribution in [0.2, 0.25) is 5.02 Å². The van der Waals surface area contributed by atoms with Gasteiger partial charge in [0, 0.05) is 18.7 Å². The SMILES string of the molecule is Cc1ccc(S(=O)(=O)N2CCCC2)cc1C(=O)Nc1ccccc1Oc1ccccc1Cl. The normalized spacial score (nSPS) is 14.3. The van der Waals surface area contributed by atoms with Crippen LogP contribution in [0.15, 0.2) is 71.6 Å². The number of sulfonamides is 1. The van der Waals surface area contributed by atoms with Crippen molar-refractivity contribution in [1.29, 1.82) is 0 Å². The number of halogens is 1. The van der Waals surface area contributed by atoms with Crippen LogP contribution in [0, 0.1) is 6.92 Å². The summed E-state index contributed by atoms with van der Waals surface area (Å²) in [7, 11) is -3.62. The average molecular weight is 471 g/mol. The van der Waals surface area contributed by atoms with Gasteiger partial charge >= 0.3 is 0 Å². The molecule has 8 heteroatoms. The molecule has 1 aliphatic heterocycles. The first kappa shape index (κ1) is 22.3. The predicted octanol–water partition coefficient (Wildman–Crippen LogP) is 5.48. The van der Waals surface area contributed by atoms with Crippen molar-refractivity contribution in [2.24, 2.45) is 0 Å². The minimum Gasteiger partial charge on any atom is -0.454 e. The van der Waals surface area contributed by atoms with Crippen molar-refractivity contribution in [3.8, 4) is 11.5 Å². The number of amides is 1. The summed E-state index contributed by atoms with van der Waals surface area (Å²) in [5.41, 5.74) is 1.41. The van der Waals surface area contributed by atoms with Gasteiger partial charge in [0.2, 0.25) is 10.0 Å². The molecule has 4 rings (SSSR count). The van der Waals surface area contributed by atoms with Crippen LogP contribution < -0.4 is 10.1 Å². The molecule has 32 heavy (non-hydrogen) atoms. The van der Waals surface area contributed by atoms with Crippen LogP contribution in [0.1, 0.15) is 28.8 Å². The first-order chi connectivity index (χ1) is 15.4. The number of carbonyl (C=O) groups excluding carboxylic acids is 1. The molecule has 0 spiro atoms. The maximum Gasteiger partial charge on any atom is 0.256 e. The molecule has 0 radical (unpaired) electrons. The predicted molar refractivity (Wildman–Crippen MR) is 125 cm³/mol. The maximum absolute atomic E-state index is 13.1. The van der Waals surface area contributed by atoms with Gasteiger partial charge in [-0.05, 0) is 61.7 Å². The Bertz CT molecular complexity index is 1250. The van der Waals surface area contributed by atoms with Crippen molar-refractivity contribution in [2.45, 2.75) is 24.7 Å². The highest BCUT2D eigenvalue weighted by molar-refractivity contribution is 7.89. The van der Waals surface area contributed by atoms with E-state index in [1.54, 1.807) is 67.6 Å². The molecule has 0 aromatic heterocycles. The lowest BCUT2D eigenvalue weighted by atomic mass is 10.1. The molecule has 3 aromatic rings. The van der Waals surface area contributed by atoms with Gasteiger partial charge in [-0.2, -0.15) is 4.31 Å². The Balaban J connectivity index is 1.61. The summed E-state index contributed by atoms with van der Waals surface area (Å²) in [5, 5.41) is 3.29. The molecule has 1 amide bonds. The van der Waals surface area contributed by atoms with E-state index in [4.69, 9.17) is 16.3 Å². The molecule has 1 N–H and O–H groups in total. The zero-order chi connectivity index (χ0) is 22.7. The molecular formula is C24H23ClN2O4S. The Morgan fingerprint density at radius 2 is 1.62 bits per heavy atom. The van der Waals surface area contributed by atoms with Gasteiger partial charge in [-0.3, -0.25) is 4.79 Å². The number of para-hydroxylation sites is 3. The van der Waals surface area contributed by atoms with Crippen LogP contribution in [0.5, 0.6) is 11.5 Å². The number of aryl methyl sites for hydroxylation is 1. The summed E-state index contributed by atoms with van der Waals surface area (Å²) >= 11 is 6.19. The van der Waals surface area contributed by atoms with Gasteiger partial charge in [0.1, 0.15) is 5.75 Å². The van der Waals surface area contributed by atoms with Crippen molar-refractivity contribution < 1.29 is 17.9 Å². The van der Waals surface area contributed by atoms with E-state index in [0.29, 0.717) is 40.9 Å². The number of nitrogens with one attached hydrogen (secondary N) is 1. The standard InChI is InChI=1S/C24H23ClN2O4S/c1-17-12-13-18(32(29,30)27-14-6-7-15-27)16-19(17)24(28)26-21-9-3-5-11-23(21)31-22-10-4-2-8-20(22)25/h2-5,8-13,16H,6-7,14-15H2,1H3,(H,26,28). The molecule has 0 saturated carbocycles. The van der Waals surface area contributed by atoms with Crippen molar-refractivity contribution >= 4 is 33.2 Å². The number of hydrogen-bond donors (Lipinski definition) is 1. The molecule has 1 aliphatic rings. The summed E-state index contributed by atoms with van der Waals surface area (Å²) in [5.74, 6) is 0.467. The number of nitrogens with zero attached hydrogens (tertiary/aromatic N) is 1. The monoisotopic (exact) mass is 470 g/mol. The lowest BCUT2D eigenvalue weighted by molar-refractivity contribution is 0.102. The van der Waals surface area contributed by atoms with Crippen LogP contribution in [0.3, 0.4) is 0 Å². The first-order valence-corrected chi connectivity index (χ1v) is 12.1. The summed E-state index contributed by atoms with van der Waals surface area (Å²) < 4.78 is 33.2. The number of anilines is 1. The second-order valence-corrected chi connectivity index (χ2v) is 9.92. The van der Waals surface area contributed by atoms with E-state index in [-0.39, 0.29) is 10.5 Å². The third kappa shape index (κ3) is 4.65. The molecule has 0 bridgehead atoms. The molecule has 6 nitrogen and oxygen atoms in total. The van der Waals surface area contributed by atoms with Crippen molar-refractivity contribution in [3.63, 3.8) is 0 Å². The second-order valence-electron chi connectivity index (χ2n) is 7.57. The van der Waals surface area contributed by atoms with Gasteiger partial charge < -0.3 is 10.1 Å². The largest absolute Gasteiger partial charge is 0.454 e. The fourth-order valence-corrected chi connectivity index (χ4v) is 5.30. The molecule has 1 fully saturated rings. The van der Waals surface area contributed by atoms with Crippen LogP contribution >= 0.6 is 11.6 Å². The number of carbonyl (C=O) groups is 1. The van der Waals surface area contributed by atoms with Crippen molar-refractivity contribution in [3.05, 3.63) is 82.9 Å². The van der Waals surface area contributed by atoms with Gasteiger partial charge in [0.15, 0.2) is 5.75 Å². The summed E-state index contributed by atoms with van der Waals surface area (Å²) in [4.78, 5) is 13.2. The summed E-state index contributed by atoms with van der Waals surface area (Å²) in [6.45, 7) is 2.78. The third-order valence-electron chi connectivity index (χ3n) is 5.35. The second kappa shape index (κ2) is 9.32. The maximum atomic E-state index is 13.1. The van der Waals surface area contributed by atoms with Crippen LogP contribution in [0.4, 0.5) is 5.69 Å². The van der Waals surface area contributed by atoms with Gasteiger partial charge in [-0.15, -0.1) is 0 Å². The zero-order valence-corrected chi connectivity index (χ0v) is 19.1. The average Bonchev–Trinajstić information content (AvgIpc) is 3.33. The highest BCUT2D eigenvalue weighted by Crippen LogP contribution is 2.34. The van der Waals surface area contributed by atoms with E-state index in [9.17, 15) is 13.2 Å². The van der Waals surface area contributed by atoms with Crippen LogP contribution in [-0.2, 0) is 10.0 Å². The molecule has 3 aromatic carbocycles. The van der Waals surface area contributed by atoms with E-state index < -0.39 is 15.9 Å². The Labute approximate surface area is 192 Å². The van der Waals surface area contributed by atoms with E-state index >= 15 is 0 Å². The minimum atomic E-state index is -3.62. The Kier molecular flexibility index (Phi) is 6.50. The first-order valence-electron chi connectivity index (χ1n) is 10.3. The lowest BCUT2D eigenvalue weighted by Gasteiger charge is -2.17. The topological polar surface area (TPSA) is 75.7 Å². The molecule has 166 valence electrons. The highest BCUT2D eigenvalue weighted by Gasteiger charge is 2.28. The summed E-state index contributed by atoms with van der Waals surface area (Å²) in [6.07, 6.45) is 1.70. The van der Waals surface area contributed by atoms with E-state index in [0.717, 1.165) is 12.8 Å². The number of rotatable bonds is 6. The Morgan fingerprint density at radius 1 is 0.969 bits per heavy atom. The fourth-order valence-electron chi connectivity index (χ4n) is 3.58. The Morgan fingerprint density at radius 3 is 2.34 bits per heavy atom. The van der Waals surface area contributed by atoms with Crippen LogP contribution in [-0.4, -0.2) is 31.7 Å². The number of hydrogen-bond acceptors (Lipinski definition) is 4. The molecule has 0 atom stereocenters. The van der Waals surface area contributed by atoms with Crippen molar-refractivity contribution in [2.75, 3.05) is 18.4 Å². The van der Waals surface area contributed by atoms with Gasteiger partial charge in [0.25, 0.3) is 5.91 Å². The molecular weight excluding hydrogens is 448 g/mol. The zero-order valence-electron chi connectivity index (χ0n) is 17.5. The molecule has 0 aliphatic carbocycles. The van der Waals surface area contributed by atoms with Gasteiger partial charge in [-0.1, -0.05) is 41.9 Å². The fraction of sp³-hybridized carbons (Fsp3) is 0.208. The number of benzene rings is 3. The molecule has 1 saturated heterocycles. The van der Waals surface area contributed by atoms with Gasteiger partial charge in [-0.25, -0.2) is 8.42 Å². The van der Waals surface area contributed by atoms with E-state index in [2.05, 4.69) is 5.32 Å². The van der Waals surface area contributed by atoms with E-state index in [1.165, 1.54) is 10.4 Å². The minimum absolute atomic E-state index is 0.121. The molecule has 1 heterocycles. The van der Waals surface area contributed by atoms with Gasteiger partial charge in [0.05, 0.1) is 15.6 Å².